The highest BCUT2D eigenvalue weighted by Crippen LogP contribution is 2.12. The van der Waals surface area contributed by atoms with Crippen molar-refractivity contribution in [3.05, 3.63) is 24.3 Å². The van der Waals surface area contributed by atoms with Gasteiger partial charge in [0.2, 0.25) is 0 Å². The summed E-state index contributed by atoms with van der Waals surface area (Å²) in [4.78, 5) is 10.2. The van der Waals surface area contributed by atoms with Crippen LogP contribution in [0.4, 0.5) is 10.5 Å². The van der Waals surface area contributed by atoms with Crippen molar-refractivity contribution in [1.82, 2.24) is 0 Å². The lowest BCUT2D eigenvalue weighted by molar-refractivity contribution is 0.211. The lowest BCUT2D eigenvalue weighted by Crippen LogP contribution is -2.16. The Balaban J connectivity index is 0.00000121. The standard InChI is InChI=1S/C7H8N2O2.ClH/c8-5-1-3-6(4-2-5)11-7(9)10;/h1-4H,8H2,(H2,9,10);1H. The summed E-state index contributed by atoms with van der Waals surface area (Å²) < 4.78 is 4.55. The Morgan fingerprint density at radius 2 is 1.75 bits per heavy atom. The zero-order chi connectivity index (χ0) is 8.27. The summed E-state index contributed by atoms with van der Waals surface area (Å²) >= 11 is 0. The Morgan fingerprint density at radius 1 is 1.25 bits per heavy atom. The van der Waals surface area contributed by atoms with Crippen molar-refractivity contribution in [2.45, 2.75) is 0 Å². The maximum absolute atomic E-state index is 10.2. The van der Waals surface area contributed by atoms with Gasteiger partial charge in [-0.05, 0) is 24.3 Å². The molecule has 0 aliphatic heterocycles. The second-order valence-electron chi connectivity index (χ2n) is 1.99. The van der Waals surface area contributed by atoms with Crippen molar-refractivity contribution in [2.75, 3.05) is 5.73 Å². The number of hydrogen-bond acceptors (Lipinski definition) is 3. The maximum Gasteiger partial charge on any atom is 0.409 e. The molecule has 4 N–H and O–H groups in total. The van der Waals surface area contributed by atoms with Gasteiger partial charge in [-0.1, -0.05) is 0 Å². The van der Waals surface area contributed by atoms with Crippen LogP contribution in [-0.4, -0.2) is 6.09 Å². The number of halogens is 1. The van der Waals surface area contributed by atoms with Crippen LogP contribution >= 0.6 is 12.4 Å². The number of primary amides is 1. The summed E-state index contributed by atoms with van der Waals surface area (Å²) in [5.41, 5.74) is 10.8. The molecule has 1 amide bonds. The molecule has 4 nitrogen and oxygen atoms in total. The minimum absolute atomic E-state index is 0. The molecule has 66 valence electrons. The fraction of sp³-hybridized carbons (Fsp3) is 0. The van der Waals surface area contributed by atoms with Gasteiger partial charge in [-0.3, -0.25) is 0 Å². The Hall–Kier alpha value is -1.42. The number of hydrogen-bond donors (Lipinski definition) is 2. The molecule has 0 aliphatic carbocycles. The molecule has 5 heteroatoms. The molecule has 0 fully saturated rings. The van der Waals surface area contributed by atoms with Crippen LogP contribution in [0.5, 0.6) is 5.75 Å². The molecular weight excluding hydrogens is 180 g/mol. The maximum atomic E-state index is 10.2. The SMILES string of the molecule is Cl.NC(=O)Oc1ccc(N)cc1. The lowest BCUT2D eigenvalue weighted by Gasteiger charge is -1.99. The van der Waals surface area contributed by atoms with Gasteiger partial charge in [0.15, 0.2) is 0 Å². The Bertz CT molecular complexity index is 261. The topological polar surface area (TPSA) is 78.3 Å². The normalized spacial score (nSPS) is 8.33. The van der Waals surface area contributed by atoms with E-state index in [0.29, 0.717) is 11.4 Å². The highest BCUT2D eigenvalue weighted by molar-refractivity contribution is 5.85. The molecule has 0 bridgehead atoms. The van der Waals surface area contributed by atoms with E-state index < -0.39 is 6.09 Å². The smallest absolute Gasteiger partial charge is 0.409 e. The van der Waals surface area contributed by atoms with Gasteiger partial charge < -0.3 is 16.2 Å². The van der Waals surface area contributed by atoms with Gasteiger partial charge in [0.1, 0.15) is 5.75 Å². The quantitative estimate of drug-likeness (QED) is 0.649. The second kappa shape index (κ2) is 4.46. The van der Waals surface area contributed by atoms with Gasteiger partial charge in [0.25, 0.3) is 0 Å². The zero-order valence-corrected chi connectivity index (χ0v) is 7.01. The van der Waals surface area contributed by atoms with Crippen LogP contribution in [0.15, 0.2) is 24.3 Å². The Kier molecular flexibility index (Phi) is 3.93. The summed E-state index contributed by atoms with van der Waals surface area (Å²) in [5, 5.41) is 0. The first-order valence-corrected chi connectivity index (χ1v) is 3.01. The minimum atomic E-state index is -0.824. The first kappa shape index (κ1) is 10.6. The van der Waals surface area contributed by atoms with Crippen LogP contribution in [0.2, 0.25) is 0 Å². The van der Waals surface area contributed by atoms with Gasteiger partial charge in [-0.15, -0.1) is 12.4 Å². The molecule has 0 radical (unpaired) electrons. The predicted octanol–water partition coefficient (Wildman–Crippen LogP) is 1.15. The fourth-order valence-electron chi connectivity index (χ4n) is 0.652. The monoisotopic (exact) mass is 188 g/mol. The molecule has 12 heavy (non-hydrogen) atoms. The largest absolute Gasteiger partial charge is 0.411 e. The third-order valence-electron chi connectivity index (χ3n) is 1.10. The van der Waals surface area contributed by atoms with Crippen LogP contribution in [0.3, 0.4) is 0 Å². The van der Waals surface area contributed by atoms with Gasteiger partial charge in [0, 0.05) is 5.69 Å². The molecule has 0 saturated heterocycles. The van der Waals surface area contributed by atoms with Crippen LogP contribution in [0.25, 0.3) is 0 Å². The molecule has 1 rings (SSSR count). The Morgan fingerprint density at radius 3 is 2.17 bits per heavy atom. The number of carbonyl (C=O) groups excluding carboxylic acids is 1. The number of nitrogen functional groups attached to an aromatic ring is 1. The van der Waals surface area contributed by atoms with Crippen molar-refractivity contribution < 1.29 is 9.53 Å². The van der Waals surface area contributed by atoms with Gasteiger partial charge >= 0.3 is 6.09 Å². The van der Waals surface area contributed by atoms with Gasteiger partial charge in [-0.2, -0.15) is 0 Å². The number of amides is 1. The van der Waals surface area contributed by atoms with Crippen molar-refractivity contribution in [3.63, 3.8) is 0 Å². The predicted molar refractivity (Wildman–Crippen MR) is 48.3 cm³/mol. The van der Waals surface area contributed by atoms with E-state index >= 15 is 0 Å². The van der Waals surface area contributed by atoms with E-state index in [4.69, 9.17) is 11.5 Å². The van der Waals surface area contributed by atoms with E-state index in [0.717, 1.165) is 0 Å². The van der Waals surface area contributed by atoms with Crippen molar-refractivity contribution in [3.8, 4) is 5.75 Å². The highest BCUT2D eigenvalue weighted by atomic mass is 35.5. The number of benzene rings is 1. The molecule has 0 aromatic heterocycles. The number of carbonyl (C=O) groups is 1. The molecule has 0 spiro atoms. The molecule has 1 aromatic rings. The van der Waals surface area contributed by atoms with E-state index in [1.54, 1.807) is 24.3 Å². The van der Waals surface area contributed by atoms with Gasteiger partial charge in [0.05, 0.1) is 0 Å². The summed E-state index contributed by atoms with van der Waals surface area (Å²) in [5.74, 6) is 0.395. The molecule has 0 saturated carbocycles. The van der Waals surface area contributed by atoms with E-state index in [1.807, 2.05) is 0 Å². The average molecular weight is 189 g/mol. The lowest BCUT2D eigenvalue weighted by atomic mass is 10.3. The Labute approximate surface area is 75.9 Å². The molecule has 0 heterocycles. The van der Waals surface area contributed by atoms with E-state index in [1.165, 1.54) is 0 Å². The molecule has 1 aromatic carbocycles. The third kappa shape index (κ3) is 3.12. The van der Waals surface area contributed by atoms with Gasteiger partial charge in [-0.25, -0.2) is 4.79 Å². The fourth-order valence-corrected chi connectivity index (χ4v) is 0.652. The summed E-state index contributed by atoms with van der Waals surface area (Å²) in [7, 11) is 0. The minimum Gasteiger partial charge on any atom is -0.411 e. The number of nitrogens with two attached hydrogens (primary N) is 2. The van der Waals surface area contributed by atoms with Crippen molar-refractivity contribution >= 4 is 24.2 Å². The van der Waals surface area contributed by atoms with Crippen LogP contribution in [0, 0.1) is 0 Å². The first-order chi connectivity index (χ1) is 5.18. The number of ether oxygens (including phenoxy) is 1. The third-order valence-corrected chi connectivity index (χ3v) is 1.10. The van der Waals surface area contributed by atoms with Crippen LogP contribution in [-0.2, 0) is 0 Å². The highest BCUT2D eigenvalue weighted by Gasteiger charge is 1.95. The zero-order valence-electron chi connectivity index (χ0n) is 6.19. The van der Waals surface area contributed by atoms with E-state index in [-0.39, 0.29) is 12.4 Å². The summed E-state index contributed by atoms with van der Waals surface area (Å²) in [6, 6.07) is 6.39. The van der Waals surface area contributed by atoms with Crippen molar-refractivity contribution in [2.24, 2.45) is 5.73 Å². The van der Waals surface area contributed by atoms with Crippen LogP contribution in [0.1, 0.15) is 0 Å². The van der Waals surface area contributed by atoms with E-state index in [2.05, 4.69) is 4.74 Å². The van der Waals surface area contributed by atoms with E-state index in [9.17, 15) is 4.79 Å². The summed E-state index contributed by atoms with van der Waals surface area (Å²) in [6.07, 6.45) is -0.824. The first-order valence-electron chi connectivity index (χ1n) is 3.01. The summed E-state index contributed by atoms with van der Waals surface area (Å²) in [6.45, 7) is 0. The van der Waals surface area contributed by atoms with Crippen molar-refractivity contribution in [1.29, 1.82) is 0 Å². The second-order valence-corrected chi connectivity index (χ2v) is 1.99. The number of anilines is 1. The molecule has 0 atom stereocenters. The number of rotatable bonds is 1. The average Bonchev–Trinajstić information content (AvgIpc) is 1.93. The molecular formula is C7H9ClN2O2. The molecule has 0 unspecified atom stereocenters. The molecule has 0 aliphatic rings. The van der Waals surface area contributed by atoms with Crippen LogP contribution < -0.4 is 16.2 Å².